The summed E-state index contributed by atoms with van der Waals surface area (Å²) in [4.78, 5) is 24.6. The normalized spacial score (nSPS) is 10.0. The lowest BCUT2D eigenvalue weighted by Crippen LogP contribution is -3.00. The highest BCUT2D eigenvalue weighted by Gasteiger charge is 2.19. The summed E-state index contributed by atoms with van der Waals surface area (Å²) in [6, 6.07) is 4.21. The standard InChI is InChI=1S/C16H18N2O5S.BrH/c1-10-14(5-6-19)24-9-18(10)8-15(21)17-11-3-4-12(13(20)7-11)16(22)23-2;/h3-4,7,9,19H,5-6,8H2,1-2H3,(H-,17,20,21,22);1H. The third kappa shape index (κ3) is 5.25. The molecule has 0 spiro atoms. The quantitative estimate of drug-likeness (QED) is 0.364. The van der Waals surface area contributed by atoms with Crippen molar-refractivity contribution in [2.75, 3.05) is 19.0 Å². The number of ether oxygens (including phenoxy) is 1. The minimum Gasteiger partial charge on any atom is -1.00 e. The van der Waals surface area contributed by atoms with Crippen LogP contribution in [0.5, 0.6) is 5.75 Å². The van der Waals surface area contributed by atoms with E-state index in [0.29, 0.717) is 12.1 Å². The van der Waals surface area contributed by atoms with Crippen LogP contribution < -0.4 is 26.9 Å². The monoisotopic (exact) mass is 430 g/mol. The smallest absolute Gasteiger partial charge is 0.341 e. The average molecular weight is 431 g/mol. The molecule has 0 radical (unpaired) electrons. The number of esters is 1. The Hall–Kier alpha value is -1.97. The summed E-state index contributed by atoms with van der Waals surface area (Å²) in [5.41, 5.74) is 3.19. The first-order valence-corrected chi connectivity index (χ1v) is 8.12. The zero-order valence-electron chi connectivity index (χ0n) is 13.8. The molecule has 0 unspecified atom stereocenters. The van der Waals surface area contributed by atoms with E-state index in [1.807, 2.05) is 12.4 Å². The number of methoxy groups -OCH3 is 1. The molecule has 0 fully saturated rings. The van der Waals surface area contributed by atoms with E-state index in [0.717, 1.165) is 10.6 Å². The number of aliphatic hydroxyl groups excluding tert-OH is 1. The van der Waals surface area contributed by atoms with Crippen molar-refractivity contribution < 1.29 is 46.1 Å². The number of nitrogens with one attached hydrogen (secondary N) is 1. The van der Waals surface area contributed by atoms with Crippen molar-refractivity contribution in [2.24, 2.45) is 0 Å². The molecule has 0 saturated carbocycles. The maximum absolute atomic E-state index is 12.1. The van der Waals surface area contributed by atoms with Crippen molar-refractivity contribution in [3.8, 4) is 5.75 Å². The van der Waals surface area contributed by atoms with Crippen LogP contribution in [0.3, 0.4) is 0 Å². The van der Waals surface area contributed by atoms with Crippen LogP contribution in [0, 0.1) is 6.92 Å². The number of nitrogens with zero attached hydrogens (tertiary/aromatic N) is 1. The number of amides is 1. The number of aromatic hydroxyl groups is 1. The summed E-state index contributed by atoms with van der Waals surface area (Å²) >= 11 is 1.49. The van der Waals surface area contributed by atoms with Gasteiger partial charge in [-0.25, -0.2) is 4.79 Å². The van der Waals surface area contributed by atoms with Crippen molar-refractivity contribution in [3.63, 3.8) is 0 Å². The molecule has 0 saturated heterocycles. The van der Waals surface area contributed by atoms with E-state index in [1.165, 1.54) is 36.6 Å². The first kappa shape index (κ1) is 21.1. The van der Waals surface area contributed by atoms with E-state index >= 15 is 0 Å². The molecular weight excluding hydrogens is 412 g/mol. The van der Waals surface area contributed by atoms with E-state index < -0.39 is 5.97 Å². The number of phenolic OH excluding ortho intramolecular Hbond substituents is 1. The van der Waals surface area contributed by atoms with Gasteiger partial charge in [0.05, 0.1) is 12.0 Å². The molecule has 9 heteroatoms. The minimum atomic E-state index is -0.647. The Morgan fingerprint density at radius 3 is 2.68 bits per heavy atom. The lowest BCUT2D eigenvalue weighted by molar-refractivity contribution is -0.685. The Kier molecular flexibility index (Phi) is 8.01. The molecule has 1 aromatic heterocycles. The molecule has 0 bridgehead atoms. The highest BCUT2D eigenvalue weighted by Crippen LogP contribution is 2.22. The summed E-state index contributed by atoms with van der Waals surface area (Å²) in [7, 11) is 1.23. The van der Waals surface area contributed by atoms with E-state index in [2.05, 4.69) is 10.1 Å². The third-order valence-electron chi connectivity index (χ3n) is 3.50. The number of phenols is 1. The fraction of sp³-hybridized carbons (Fsp3) is 0.312. The van der Waals surface area contributed by atoms with Gasteiger partial charge in [0.25, 0.3) is 5.91 Å². The van der Waals surface area contributed by atoms with Gasteiger partial charge in [-0.05, 0) is 12.1 Å². The number of anilines is 1. The Bertz CT molecular complexity index is 763. The molecule has 25 heavy (non-hydrogen) atoms. The summed E-state index contributed by atoms with van der Waals surface area (Å²) < 4.78 is 6.35. The molecule has 2 aromatic rings. The van der Waals surface area contributed by atoms with E-state index in [-0.39, 0.29) is 47.4 Å². The Balaban J connectivity index is 0.00000312. The molecule has 0 aliphatic carbocycles. The topological polar surface area (TPSA) is 99.7 Å². The fourth-order valence-corrected chi connectivity index (χ4v) is 3.18. The SMILES string of the molecule is COC(=O)c1ccc(NC(=O)C[n+]2csc(CCO)c2C)cc1O.[Br-]. The molecule has 1 amide bonds. The number of carbonyl (C=O) groups is 2. The van der Waals surface area contributed by atoms with E-state index in [9.17, 15) is 14.7 Å². The maximum atomic E-state index is 12.1. The van der Waals surface area contributed by atoms with Gasteiger partial charge in [0.1, 0.15) is 11.3 Å². The largest absolute Gasteiger partial charge is 1.00 e. The van der Waals surface area contributed by atoms with Crippen LogP contribution >= 0.6 is 11.3 Å². The highest BCUT2D eigenvalue weighted by molar-refractivity contribution is 7.09. The zero-order chi connectivity index (χ0) is 17.7. The van der Waals surface area contributed by atoms with Crippen LogP contribution in [0.1, 0.15) is 20.9 Å². The van der Waals surface area contributed by atoms with Gasteiger partial charge in [0.15, 0.2) is 5.69 Å². The van der Waals surface area contributed by atoms with Crippen molar-refractivity contribution in [3.05, 3.63) is 39.8 Å². The summed E-state index contributed by atoms with van der Waals surface area (Å²) in [5, 5.41) is 21.5. The predicted octanol–water partition coefficient (Wildman–Crippen LogP) is -1.99. The predicted molar refractivity (Wildman–Crippen MR) is 88.1 cm³/mol. The number of hydrogen-bond acceptors (Lipinski definition) is 6. The third-order valence-corrected chi connectivity index (χ3v) is 4.64. The number of thiazole rings is 1. The van der Waals surface area contributed by atoms with Crippen LogP contribution in [-0.4, -0.2) is 35.8 Å². The van der Waals surface area contributed by atoms with Gasteiger partial charge in [-0.1, -0.05) is 11.3 Å². The lowest BCUT2D eigenvalue weighted by atomic mass is 10.2. The number of benzene rings is 1. The van der Waals surface area contributed by atoms with Crippen molar-refractivity contribution in [1.82, 2.24) is 0 Å². The van der Waals surface area contributed by atoms with Crippen LogP contribution in [-0.2, 0) is 22.5 Å². The summed E-state index contributed by atoms with van der Waals surface area (Å²) in [5.74, 6) is -1.17. The van der Waals surface area contributed by atoms with Crippen molar-refractivity contribution >= 4 is 28.9 Å². The molecule has 2 rings (SSSR count). The maximum Gasteiger partial charge on any atom is 0.341 e. The Morgan fingerprint density at radius 2 is 2.08 bits per heavy atom. The Labute approximate surface area is 159 Å². The molecule has 1 heterocycles. The first-order chi connectivity index (χ1) is 11.5. The number of hydrogen-bond donors (Lipinski definition) is 3. The van der Waals surface area contributed by atoms with E-state index in [4.69, 9.17) is 5.11 Å². The molecule has 0 aliphatic rings. The molecule has 7 nitrogen and oxygen atoms in total. The van der Waals surface area contributed by atoms with Crippen LogP contribution in [0.15, 0.2) is 23.7 Å². The average Bonchev–Trinajstić information content (AvgIpc) is 2.88. The van der Waals surface area contributed by atoms with Gasteiger partial charge in [0.2, 0.25) is 12.1 Å². The van der Waals surface area contributed by atoms with Crippen LogP contribution in [0.2, 0.25) is 0 Å². The minimum absolute atomic E-state index is 0. The number of carbonyl (C=O) groups excluding carboxylic acids is 2. The molecule has 3 N–H and O–H groups in total. The number of aromatic nitrogens is 1. The van der Waals surface area contributed by atoms with Crippen LogP contribution in [0.4, 0.5) is 5.69 Å². The second-order valence-electron chi connectivity index (χ2n) is 5.11. The first-order valence-electron chi connectivity index (χ1n) is 7.24. The lowest BCUT2D eigenvalue weighted by Gasteiger charge is -2.06. The molecule has 136 valence electrons. The molecule has 1 aromatic carbocycles. The second-order valence-corrected chi connectivity index (χ2v) is 6.04. The van der Waals surface area contributed by atoms with Gasteiger partial charge in [0, 0.05) is 31.7 Å². The molecule has 0 aliphatic heterocycles. The number of halogens is 1. The molecular formula is C16H19BrN2O5S. The number of aliphatic hydroxyl groups is 1. The summed E-state index contributed by atoms with van der Waals surface area (Å²) in [6.45, 7) is 2.08. The van der Waals surface area contributed by atoms with Gasteiger partial charge < -0.3 is 37.2 Å². The van der Waals surface area contributed by atoms with Crippen LogP contribution in [0.25, 0.3) is 0 Å². The van der Waals surface area contributed by atoms with E-state index in [1.54, 1.807) is 4.57 Å². The van der Waals surface area contributed by atoms with Gasteiger partial charge in [-0.2, -0.15) is 4.57 Å². The fourth-order valence-electron chi connectivity index (χ4n) is 2.20. The molecule has 0 atom stereocenters. The Morgan fingerprint density at radius 1 is 1.36 bits per heavy atom. The zero-order valence-corrected chi connectivity index (χ0v) is 16.2. The number of rotatable bonds is 6. The van der Waals surface area contributed by atoms with Gasteiger partial charge in [-0.3, -0.25) is 4.79 Å². The van der Waals surface area contributed by atoms with Crippen molar-refractivity contribution in [2.45, 2.75) is 19.9 Å². The van der Waals surface area contributed by atoms with Crippen molar-refractivity contribution in [1.29, 1.82) is 0 Å². The second kappa shape index (κ2) is 9.50. The summed E-state index contributed by atoms with van der Waals surface area (Å²) in [6.07, 6.45) is 0.563. The highest BCUT2D eigenvalue weighted by atomic mass is 79.9. The van der Waals surface area contributed by atoms with Gasteiger partial charge >= 0.3 is 5.97 Å². The van der Waals surface area contributed by atoms with Gasteiger partial charge in [-0.15, -0.1) is 0 Å².